The first-order valence-corrected chi connectivity index (χ1v) is 7.29. The molecular weight excluding hydrogens is 272 g/mol. The normalized spacial score (nSPS) is 18.9. The zero-order valence-electron chi connectivity index (χ0n) is 10.1. The molecule has 0 spiro atoms. The molecule has 0 radical (unpaired) electrons. The minimum Gasteiger partial charge on any atom is -0.379 e. The topological polar surface area (TPSA) is 89.8 Å². The summed E-state index contributed by atoms with van der Waals surface area (Å²) in [5.74, 6) is 0. The van der Waals surface area contributed by atoms with Crippen molar-refractivity contribution in [3.8, 4) is 0 Å². The molecule has 1 aromatic carbocycles. The summed E-state index contributed by atoms with van der Waals surface area (Å²) < 4.78 is 30.9. The molecule has 1 heterocycles. The maximum atomic E-state index is 12.4. The highest BCUT2D eigenvalue weighted by molar-refractivity contribution is 7.89. The van der Waals surface area contributed by atoms with Gasteiger partial charge in [-0.2, -0.15) is 4.31 Å². The maximum absolute atomic E-state index is 12.4. The molecule has 1 aromatic rings. The largest absolute Gasteiger partial charge is 0.379 e. The molecule has 8 heteroatoms. The number of ether oxygens (including phenoxy) is 1. The van der Waals surface area contributed by atoms with E-state index < -0.39 is 20.3 Å². The quantitative estimate of drug-likeness (QED) is 0.598. The van der Waals surface area contributed by atoms with Gasteiger partial charge in [-0.15, -0.1) is 0 Å². The molecule has 0 N–H and O–H groups in total. The molecule has 19 heavy (non-hydrogen) atoms. The van der Waals surface area contributed by atoms with E-state index in [1.165, 1.54) is 12.1 Å². The van der Waals surface area contributed by atoms with Crippen LogP contribution < -0.4 is 0 Å². The van der Waals surface area contributed by atoms with E-state index in [-0.39, 0.29) is 31.9 Å². The van der Waals surface area contributed by atoms with E-state index in [0.29, 0.717) is 0 Å². The fourth-order valence-electron chi connectivity index (χ4n) is 1.96. The van der Waals surface area contributed by atoms with Gasteiger partial charge in [0.05, 0.1) is 13.2 Å². The number of hydrogen-bond donors (Lipinski definition) is 0. The minimum atomic E-state index is -4.02. The predicted octanol–water partition coefficient (Wildman–Crippen LogP) is 0.624. The number of sulfonamides is 1. The molecule has 1 fully saturated rings. The van der Waals surface area contributed by atoms with Crippen molar-refractivity contribution in [1.82, 2.24) is 4.31 Å². The number of rotatable bonds is 4. The van der Waals surface area contributed by atoms with Crippen LogP contribution in [0.1, 0.15) is 10.9 Å². The molecule has 2 rings (SSSR count). The summed E-state index contributed by atoms with van der Waals surface area (Å²) in [6, 6.07) is 7.75. The lowest BCUT2D eigenvalue weighted by molar-refractivity contribution is -0.503. The highest BCUT2D eigenvalue weighted by Crippen LogP contribution is 2.26. The lowest BCUT2D eigenvalue weighted by Crippen LogP contribution is -2.44. The van der Waals surface area contributed by atoms with Crippen molar-refractivity contribution in [2.45, 2.75) is 5.37 Å². The molecule has 0 saturated carbocycles. The molecule has 0 amide bonds. The first kappa shape index (κ1) is 13.9. The monoisotopic (exact) mass is 286 g/mol. The highest BCUT2D eigenvalue weighted by Gasteiger charge is 2.42. The van der Waals surface area contributed by atoms with Crippen LogP contribution in [0.15, 0.2) is 30.3 Å². The fourth-order valence-corrected chi connectivity index (χ4v) is 3.62. The van der Waals surface area contributed by atoms with Crippen LogP contribution in [0.4, 0.5) is 0 Å². The predicted molar refractivity (Wildman–Crippen MR) is 67.5 cm³/mol. The number of benzene rings is 1. The molecule has 104 valence electrons. The second kappa shape index (κ2) is 5.64. The van der Waals surface area contributed by atoms with Gasteiger partial charge in [0, 0.05) is 23.6 Å². The van der Waals surface area contributed by atoms with Gasteiger partial charge in [-0.1, -0.05) is 30.3 Å². The van der Waals surface area contributed by atoms with Gasteiger partial charge in [0.25, 0.3) is 10.0 Å². The fraction of sp³-hybridized carbons (Fsp3) is 0.455. The van der Waals surface area contributed by atoms with Crippen LogP contribution in [0.3, 0.4) is 0 Å². The summed E-state index contributed by atoms with van der Waals surface area (Å²) in [5.41, 5.74) is 0.166. The van der Waals surface area contributed by atoms with Crippen LogP contribution in [0.25, 0.3) is 0 Å². The Morgan fingerprint density at radius 3 is 2.32 bits per heavy atom. The Balaban J connectivity index is 2.36. The minimum absolute atomic E-state index is 0.152. The molecule has 7 nitrogen and oxygen atoms in total. The molecule has 1 atom stereocenters. The molecule has 1 saturated heterocycles. The number of hydrogen-bond acceptors (Lipinski definition) is 5. The molecule has 1 aliphatic heterocycles. The van der Waals surface area contributed by atoms with Crippen molar-refractivity contribution in [2.75, 3.05) is 26.3 Å². The van der Waals surface area contributed by atoms with Gasteiger partial charge in [-0.25, -0.2) is 8.42 Å². The smallest absolute Gasteiger partial charge is 0.348 e. The van der Waals surface area contributed by atoms with E-state index >= 15 is 0 Å². The second-order valence-corrected chi connectivity index (χ2v) is 6.10. The number of nitro groups is 1. The first-order chi connectivity index (χ1) is 9.03. The zero-order chi connectivity index (χ0) is 13.9. The van der Waals surface area contributed by atoms with Crippen LogP contribution in [0.2, 0.25) is 0 Å². The van der Waals surface area contributed by atoms with Gasteiger partial charge in [0.15, 0.2) is 0 Å². The Morgan fingerprint density at radius 2 is 1.79 bits per heavy atom. The maximum Gasteiger partial charge on any atom is 0.348 e. The van der Waals surface area contributed by atoms with Crippen LogP contribution in [-0.4, -0.2) is 43.9 Å². The summed E-state index contributed by atoms with van der Waals surface area (Å²) in [7, 11) is -4.02. The Bertz CT molecular complexity index is 539. The SMILES string of the molecule is O=[N+]([O-])C(c1ccccc1)S(=O)(=O)N1CCOCC1. The highest BCUT2D eigenvalue weighted by atomic mass is 32.2. The third-order valence-corrected chi connectivity index (χ3v) is 4.98. The van der Waals surface area contributed by atoms with Crippen molar-refractivity contribution in [3.63, 3.8) is 0 Å². The Morgan fingerprint density at radius 1 is 1.21 bits per heavy atom. The van der Waals surface area contributed by atoms with E-state index in [9.17, 15) is 18.5 Å². The summed E-state index contributed by atoms with van der Waals surface area (Å²) in [6.07, 6.45) is 0. The lowest BCUT2D eigenvalue weighted by Gasteiger charge is -2.27. The van der Waals surface area contributed by atoms with Crippen molar-refractivity contribution >= 4 is 10.0 Å². The number of morpholine rings is 1. The zero-order valence-corrected chi connectivity index (χ0v) is 11.0. The molecular formula is C11H14N2O5S. The second-order valence-electron chi connectivity index (χ2n) is 4.10. The molecule has 1 aliphatic rings. The van der Waals surface area contributed by atoms with Crippen LogP contribution >= 0.6 is 0 Å². The van der Waals surface area contributed by atoms with E-state index in [2.05, 4.69) is 0 Å². The van der Waals surface area contributed by atoms with E-state index in [0.717, 1.165) is 4.31 Å². The van der Waals surface area contributed by atoms with Crippen molar-refractivity contribution in [3.05, 3.63) is 46.0 Å². The lowest BCUT2D eigenvalue weighted by atomic mass is 10.2. The molecule has 0 aliphatic carbocycles. The summed E-state index contributed by atoms with van der Waals surface area (Å²) in [4.78, 5) is 10.4. The Kier molecular flexibility index (Phi) is 4.13. The first-order valence-electron chi connectivity index (χ1n) is 5.78. The summed E-state index contributed by atoms with van der Waals surface area (Å²) >= 11 is 0. The van der Waals surface area contributed by atoms with Crippen LogP contribution in [0.5, 0.6) is 0 Å². The van der Waals surface area contributed by atoms with E-state index in [4.69, 9.17) is 4.74 Å². The van der Waals surface area contributed by atoms with E-state index in [1.807, 2.05) is 0 Å². The Hall–Kier alpha value is -1.51. The van der Waals surface area contributed by atoms with Gasteiger partial charge in [-0.05, 0) is 0 Å². The standard InChI is InChI=1S/C11H14N2O5S/c14-13(15)11(10-4-2-1-3-5-10)19(16,17)12-6-8-18-9-7-12/h1-5,11H,6-9H2. The number of nitrogens with zero attached hydrogens (tertiary/aromatic N) is 2. The summed E-state index contributed by atoms with van der Waals surface area (Å²) in [5, 5.41) is 9.40. The van der Waals surface area contributed by atoms with Gasteiger partial charge < -0.3 is 4.74 Å². The summed E-state index contributed by atoms with van der Waals surface area (Å²) in [6.45, 7) is 0.829. The third-order valence-electron chi connectivity index (χ3n) is 2.89. The van der Waals surface area contributed by atoms with Gasteiger partial charge in [0.1, 0.15) is 0 Å². The van der Waals surface area contributed by atoms with Crippen molar-refractivity contribution in [1.29, 1.82) is 0 Å². The molecule has 1 unspecified atom stereocenters. The third kappa shape index (κ3) is 2.91. The molecule has 0 aromatic heterocycles. The Labute approximate surface area is 111 Å². The van der Waals surface area contributed by atoms with Crippen LogP contribution in [0, 0.1) is 10.1 Å². The van der Waals surface area contributed by atoms with Gasteiger partial charge in [-0.3, -0.25) is 10.1 Å². The van der Waals surface area contributed by atoms with E-state index in [1.54, 1.807) is 18.2 Å². The van der Waals surface area contributed by atoms with Crippen molar-refractivity contribution in [2.24, 2.45) is 0 Å². The van der Waals surface area contributed by atoms with Crippen molar-refractivity contribution < 1.29 is 18.1 Å². The van der Waals surface area contributed by atoms with Gasteiger partial charge in [0.2, 0.25) is 0 Å². The van der Waals surface area contributed by atoms with Gasteiger partial charge >= 0.3 is 5.37 Å². The average Bonchev–Trinajstić information content (AvgIpc) is 2.40. The molecule has 0 bridgehead atoms. The van der Waals surface area contributed by atoms with Crippen LogP contribution in [-0.2, 0) is 14.8 Å². The average molecular weight is 286 g/mol.